The fourth-order valence-corrected chi connectivity index (χ4v) is 3.78. The Balaban J connectivity index is 1.88. The zero-order valence-electron chi connectivity index (χ0n) is 12.2. The fourth-order valence-electron chi connectivity index (χ4n) is 2.26. The molecule has 21 heavy (non-hydrogen) atoms. The summed E-state index contributed by atoms with van der Waals surface area (Å²) in [5.41, 5.74) is 8.96. The van der Waals surface area contributed by atoms with Gasteiger partial charge in [-0.25, -0.2) is 9.67 Å². The molecule has 7 heteroatoms. The van der Waals surface area contributed by atoms with Gasteiger partial charge >= 0.3 is 0 Å². The summed E-state index contributed by atoms with van der Waals surface area (Å²) in [6, 6.07) is 2.08. The van der Waals surface area contributed by atoms with Gasteiger partial charge < -0.3 is 5.73 Å². The van der Waals surface area contributed by atoms with Gasteiger partial charge in [0.2, 0.25) is 0 Å². The number of aromatic nitrogens is 4. The van der Waals surface area contributed by atoms with Crippen LogP contribution in [-0.2, 0) is 12.0 Å². The van der Waals surface area contributed by atoms with E-state index in [0.29, 0.717) is 12.4 Å². The Labute approximate surface area is 131 Å². The minimum atomic E-state index is -0.0974. The van der Waals surface area contributed by atoms with Crippen LogP contribution in [-0.4, -0.2) is 20.0 Å². The normalized spacial score (nSPS) is 12.0. The average Bonchev–Trinajstić information content (AvgIpc) is 3.09. The van der Waals surface area contributed by atoms with E-state index in [1.807, 2.05) is 4.68 Å². The van der Waals surface area contributed by atoms with Crippen molar-refractivity contribution in [2.24, 2.45) is 0 Å². The van der Waals surface area contributed by atoms with Gasteiger partial charge in [0.1, 0.15) is 5.01 Å². The minimum absolute atomic E-state index is 0.0974. The third-order valence-electron chi connectivity index (χ3n) is 3.10. The third kappa shape index (κ3) is 2.84. The van der Waals surface area contributed by atoms with E-state index in [0.717, 1.165) is 16.4 Å². The number of anilines is 1. The second kappa shape index (κ2) is 5.23. The number of nitrogens with two attached hydrogens (primary N) is 1. The number of hydrogen-bond donors (Lipinski definition) is 1. The highest BCUT2D eigenvalue weighted by molar-refractivity contribution is 7.14. The first-order chi connectivity index (χ1) is 9.95. The van der Waals surface area contributed by atoms with Crippen LogP contribution in [0.2, 0.25) is 0 Å². The van der Waals surface area contributed by atoms with Gasteiger partial charge in [-0.3, -0.25) is 0 Å². The van der Waals surface area contributed by atoms with Crippen molar-refractivity contribution < 1.29 is 0 Å². The first-order valence-electron chi connectivity index (χ1n) is 6.61. The first kappa shape index (κ1) is 14.2. The maximum atomic E-state index is 5.95. The molecule has 2 N–H and O–H groups in total. The summed E-state index contributed by atoms with van der Waals surface area (Å²) in [6.07, 6.45) is 0. The van der Waals surface area contributed by atoms with Crippen LogP contribution in [0.5, 0.6) is 0 Å². The molecule has 0 fully saturated rings. The van der Waals surface area contributed by atoms with Gasteiger partial charge in [-0.1, -0.05) is 26.0 Å². The van der Waals surface area contributed by atoms with E-state index in [9.17, 15) is 0 Å². The summed E-state index contributed by atoms with van der Waals surface area (Å²) in [4.78, 5) is 4.68. The molecule has 0 radical (unpaired) electrons. The van der Waals surface area contributed by atoms with Crippen LogP contribution < -0.4 is 5.73 Å². The molecule has 3 aromatic heterocycles. The van der Waals surface area contributed by atoms with E-state index in [1.165, 1.54) is 5.56 Å². The van der Waals surface area contributed by atoms with E-state index >= 15 is 0 Å². The van der Waals surface area contributed by atoms with Crippen LogP contribution in [0.25, 0.3) is 10.6 Å². The summed E-state index contributed by atoms with van der Waals surface area (Å²) in [7, 11) is 0. The minimum Gasteiger partial charge on any atom is -0.381 e. The van der Waals surface area contributed by atoms with Crippen molar-refractivity contribution in [2.45, 2.75) is 32.7 Å². The third-order valence-corrected chi connectivity index (χ3v) is 4.73. The Morgan fingerprint density at radius 1 is 1.29 bits per heavy atom. The van der Waals surface area contributed by atoms with Crippen LogP contribution in [0, 0.1) is 0 Å². The van der Waals surface area contributed by atoms with E-state index in [4.69, 9.17) is 5.73 Å². The Morgan fingerprint density at radius 2 is 2.10 bits per heavy atom. The molecule has 0 unspecified atom stereocenters. The topological polar surface area (TPSA) is 69.6 Å². The van der Waals surface area contributed by atoms with E-state index in [2.05, 4.69) is 58.3 Å². The lowest BCUT2D eigenvalue weighted by Crippen LogP contribution is -2.20. The second-order valence-corrected chi connectivity index (χ2v) is 7.53. The highest BCUT2D eigenvalue weighted by Gasteiger charge is 2.24. The number of rotatable bonds is 3. The molecular formula is C14H17N5S2. The molecule has 3 aromatic rings. The van der Waals surface area contributed by atoms with Crippen molar-refractivity contribution in [3.05, 3.63) is 33.6 Å². The Kier molecular flexibility index (Phi) is 3.54. The number of hydrogen-bond acceptors (Lipinski definition) is 6. The van der Waals surface area contributed by atoms with E-state index in [1.54, 1.807) is 22.7 Å². The second-order valence-electron chi connectivity index (χ2n) is 5.89. The summed E-state index contributed by atoms with van der Waals surface area (Å²) in [5, 5.41) is 15.4. The molecule has 0 saturated carbocycles. The molecule has 110 valence electrons. The summed E-state index contributed by atoms with van der Waals surface area (Å²) in [5.74, 6) is 0.496. The van der Waals surface area contributed by atoms with Gasteiger partial charge in [0.15, 0.2) is 5.82 Å². The molecule has 5 nitrogen and oxygen atoms in total. The zero-order valence-corrected chi connectivity index (χ0v) is 13.8. The first-order valence-corrected chi connectivity index (χ1v) is 8.44. The molecule has 3 heterocycles. The average molecular weight is 319 g/mol. The fraction of sp³-hybridized carbons (Fsp3) is 0.357. The Bertz CT molecular complexity index is 734. The molecule has 0 atom stereocenters. The van der Waals surface area contributed by atoms with Crippen molar-refractivity contribution in [3.63, 3.8) is 0 Å². The van der Waals surface area contributed by atoms with E-state index in [-0.39, 0.29) is 5.41 Å². The predicted octanol–water partition coefficient (Wildman–Crippen LogP) is 3.39. The van der Waals surface area contributed by atoms with Crippen molar-refractivity contribution in [1.82, 2.24) is 20.0 Å². The van der Waals surface area contributed by atoms with Gasteiger partial charge in [-0.2, -0.15) is 11.3 Å². The highest BCUT2D eigenvalue weighted by atomic mass is 32.1. The van der Waals surface area contributed by atoms with Gasteiger partial charge in [0, 0.05) is 21.7 Å². The summed E-state index contributed by atoms with van der Waals surface area (Å²) >= 11 is 3.33. The molecular weight excluding hydrogens is 302 g/mol. The Morgan fingerprint density at radius 3 is 2.76 bits per heavy atom. The molecule has 0 amide bonds. The smallest absolute Gasteiger partial charge is 0.169 e. The molecule has 0 bridgehead atoms. The number of thiophene rings is 1. The van der Waals surface area contributed by atoms with E-state index < -0.39 is 0 Å². The van der Waals surface area contributed by atoms with Crippen LogP contribution in [0.15, 0.2) is 22.2 Å². The van der Waals surface area contributed by atoms with Crippen molar-refractivity contribution in [3.8, 4) is 10.6 Å². The van der Waals surface area contributed by atoms with Crippen LogP contribution in [0.3, 0.4) is 0 Å². The molecule has 0 aliphatic carbocycles. The molecule has 3 rings (SSSR count). The predicted molar refractivity (Wildman–Crippen MR) is 87.7 cm³/mol. The monoisotopic (exact) mass is 319 g/mol. The lowest BCUT2D eigenvalue weighted by atomic mass is 9.92. The van der Waals surface area contributed by atoms with Crippen molar-refractivity contribution in [2.75, 3.05) is 5.73 Å². The molecule has 0 spiro atoms. The zero-order chi connectivity index (χ0) is 15.0. The molecule has 0 aliphatic heterocycles. The maximum absolute atomic E-state index is 5.95. The molecule has 0 aliphatic rings. The van der Waals surface area contributed by atoms with Crippen LogP contribution in [0.1, 0.15) is 32.2 Å². The SMILES string of the molecule is CC(C)(C)c1c(N)nnn1Cc1csc(-c2ccsc2)n1. The number of nitrogens with zero attached hydrogens (tertiary/aromatic N) is 4. The Hall–Kier alpha value is -1.73. The van der Waals surface area contributed by atoms with Gasteiger partial charge in [0.05, 0.1) is 17.9 Å². The lowest BCUT2D eigenvalue weighted by molar-refractivity contribution is 0.500. The largest absolute Gasteiger partial charge is 0.381 e. The highest BCUT2D eigenvalue weighted by Crippen LogP contribution is 2.28. The lowest BCUT2D eigenvalue weighted by Gasteiger charge is -2.19. The maximum Gasteiger partial charge on any atom is 0.169 e. The summed E-state index contributed by atoms with van der Waals surface area (Å²) in [6.45, 7) is 6.92. The van der Waals surface area contributed by atoms with Crippen LogP contribution >= 0.6 is 22.7 Å². The molecule has 0 saturated heterocycles. The van der Waals surface area contributed by atoms with Crippen LogP contribution in [0.4, 0.5) is 5.82 Å². The summed E-state index contributed by atoms with van der Waals surface area (Å²) < 4.78 is 1.85. The number of thiazole rings is 1. The van der Waals surface area contributed by atoms with Gasteiger partial charge in [-0.15, -0.1) is 16.4 Å². The standard InChI is InChI=1S/C14H17N5S2/c1-14(2,3)11-12(15)17-18-19(11)6-10-8-21-13(16-10)9-4-5-20-7-9/h4-5,7-8H,6,15H2,1-3H3. The van der Waals surface area contributed by atoms with Gasteiger partial charge in [0.25, 0.3) is 0 Å². The van der Waals surface area contributed by atoms with Crippen molar-refractivity contribution in [1.29, 1.82) is 0 Å². The number of nitrogen functional groups attached to an aromatic ring is 1. The van der Waals surface area contributed by atoms with Gasteiger partial charge in [-0.05, 0) is 11.4 Å². The van der Waals surface area contributed by atoms with Crippen molar-refractivity contribution >= 4 is 28.5 Å². The quantitative estimate of drug-likeness (QED) is 0.803. The molecule has 0 aromatic carbocycles.